The number of halogens is 3. The molecule has 0 spiro atoms. The van der Waals surface area contributed by atoms with E-state index in [0.717, 1.165) is 12.6 Å². The lowest BCUT2D eigenvalue weighted by Crippen LogP contribution is -2.10. The summed E-state index contributed by atoms with van der Waals surface area (Å²) < 4.78 is 39.0. The lowest BCUT2D eigenvalue weighted by atomic mass is 10.2. The molecule has 92 valence electrons. The van der Waals surface area contributed by atoms with Gasteiger partial charge in [-0.3, -0.25) is 4.68 Å². The molecule has 0 radical (unpaired) electrons. The molecule has 0 aliphatic heterocycles. The summed E-state index contributed by atoms with van der Waals surface area (Å²) in [6.45, 7) is 1.94. The van der Waals surface area contributed by atoms with Crippen LogP contribution in [0.4, 0.5) is 13.2 Å². The smallest absolute Gasteiger partial charge is 0.264 e. The molecule has 0 atom stereocenters. The van der Waals surface area contributed by atoms with Crippen LogP contribution in [0.3, 0.4) is 0 Å². The van der Waals surface area contributed by atoms with Crippen molar-refractivity contribution in [3.05, 3.63) is 17.7 Å². The average molecular weight is 244 g/mol. The highest BCUT2D eigenvalue weighted by Crippen LogP contribution is 2.27. The minimum Gasteiger partial charge on any atom is -0.264 e. The van der Waals surface area contributed by atoms with Crippen LogP contribution in [-0.2, 0) is 19.6 Å². The van der Waals surface area contributed by atoms with Crippen molar-refractivity contribution < 1.29 is 13.2 Å². The molecule has 0 saturated carbocycles. The topological polar surface area (TPSA) is 43.6 Å². The maximum Gasteiger partial charge on any atom is 0.451 e. The molecule has 2 heterocycles. The maximum absolute atomic E-state index is 12.5. The normalized spacial score (nSPS) is 12.3. The Labute approximate surface area is 95.5 Å². The van der Waals surface area contributed by atoms with Gasteiger partial charge >= 0.3 is 6.18 Å². The average Bonchev–Trinajstić information content (AvgIpc) is 2.55. The largest absolute Gasteiger partial charge is 0.451 e. The second-order valence-corrected chi connectivity index (χ2v) is 3.75. The zero-order valence-electron chi connectivity index (χ0n) is 9.41. The fourth-order valence-electron chi connectivity index (χ4n) is 1.65. The number of aromatic nitrogens is 4. The standard InChI is InChI=1S/C10H11F3N4/c1-3-4-6-8-7(17(2)16-6)5-14-9(15-8)10(11,12)13/h5H,3-4H2,1-2H3. The van der Waals surface area contributed by atoms with Crippen molar-refractivity contribution in [1.29, 1.82) is 0 Å². The van der Waals surface area contributed by atoms with Crippen molar-refractivity contribution in [3.63, 3.8) is 0 Å². The quantitative estimate of drug-likeness (QED) is 0.814. The van der Waals surface area contributed by atoms with Crippen LogP contribution in [0.1, 0.15) is 24.9 Å². The van der Waals surface area contributed by atoms with Gasteiger partial charge in [-0.05, 0) is 6.42 Å². The molecule has 0 fully saturated rings. The number of hydrogen-bond donors (Lipinski definition) is 0. The molecule has 0 unspecified atom stereocenters. The lowest BCUT2D eigenvalue weighted by Gasteiger charge is -2.04. The fraction of sp³-hybridized carbons (Fsp3) is 0.500. The third-order valence-corrected chi connectivity index (χ3v) is 2.40. The van der Waals surface area contributed by atoms with E-state index in [-0.39, 0.29) is 5.52 Å². The summed E-state index contributed by atoms with van der Waals surface area (Å²) in [6, 6.07) is 0. The number of fused-ring (bicyclic) bond motifs is 1. The molecule has 0 aromatic carbocycles. The van der Waals surface area contributed by atoms with Gasteiger partial charge in [0.25, 0.3) is 0 Å². The number of hydrogen-bond acceptors (Lipinski definition) is 3. The van der Waals surface area contributed by atoms with Crippen molar-refractivity contribution in [3.8, 4) is 0 Å². The predicted molar refractivity (Wildman–Crippen MR) is 55.3 cm³/mol. The lowest BCUT2D eigenvalue weighted by molar-refractivity contribution is -0.144. The van der Waals surface area contributed by atoms with Gasteiger partial charge < -0.3 is 0 Å². The molecular weight excluding hydrogens is 233 g/mol. The van der Waals surface area contributed by atoms with Gasteiger partial charge in [-0.1, -0.05) is 13.3 Å². The number of nitrogens with zero attached hydrogens (tertiary/aromatic N) is 4. The molecule has 0 aliphatic carbocycles. The Bertz CT molecular complexity index is 544. The van der Waals surface area contributed by atoms with Gasteiger partial charge in [0.2, 0.25) is 5.82 Å². The molecule has 4 nitrogen and oxygen atoms in total. The highest BCUT2D eigenvalue weighted by molar-refractivity contribution is 5.76. The molecular formula is C10H11F3N4. The number of alkyl halides is 3. The SMILES string of the molecule is CCCc1nn(C)c2cnc(C(F)(F)F)nc12. The minimum absolute atomic E-state index is 0.289. The highest BCUT2D eigenvalue weighted by atomic mass is 19.4. The maximum atomic E-state index is 12.5. The molecule has 7 heteroatoms. The molecule has 17 heavy (non-hydrogen) atoms. The molecule has 0 amide bonds. The Morgan fingerprint density at radius 3 is 2.65 bits per heavy atom. The molecule has 0 saturated heterocycles. The number of rotatable bonds is 2. The van der Waals surface area contributed by atoms with Gasteiger partial charge in [-0.2, -0.15) is 18.3 Å². The van der Waals surface area contributed by atoms with E-state index < -0.39 is 12.0 Å². The van der Waals surface area contributed by atoms with Gasteiger partial charge in [0.1, 0.15) is 11.0 Å². The van der Waals surface area contributed by atoms with E-state index in [0.29, 0.717) is 17.6 Å². The third kappa shape index (κ3) is 2.09. The van der Waals surface area contributed by atoms with Gasteiger partial charge in [0, 0.05) is 7.05 Å². The van der Waals surface area contributed by atoms with E-state index in [1.54, 1.807) is 7.05 Å². The van der Waals surface area contributed by atoms with Crippen LogP contribution in [0.2, 0.25) is 0 Å². The summed E-state index contributed by atoms with van der Waals surface area (Å²) in [5.41, 5.74) is 1.39. The summed E-state index contributed by atoms with van der Waals surface area (Å²) in [4.78, 5) is 6.88. The van der Waals surface area contributed by atoms with Gasteiger partial charge in [-0.15, -0.1) is 0 Å². The van der Waals surface area contributed by atoms with Crippen LogP contribution >= 0.6 is 0 Å². The second-order valence-electron chi connectivity index (χ2n) is 3.75. The Hall–Kier alpha value is -1.66. The van der Waals surface area contributed by atoms with Crippen LogP contribution < -0.4 is 0 Å². The summed E-state index contributed by atoms with van der Waals surface area (Å²) in [5, 5.41) is 4.15. The van der Waals surface area contributed by atoms with E-state index in [1.807, 2.05) is 6.92 Å². The van der Waals surface area contributed by atoms with Crippen LogP contribution in [0, 0.1) is 0 Å². The van der Waals surface area contributed by atoms with Crippen LogP contribution in [0.15, 0.2) is 6.20 Å². The van der Waals surface area contributed by atoms with Gasteiger partial charge in [0.05, 0.1) is 11.9 Å². The first-order valence-electron chi connectivity index (χ1n) is 5.19. The van der Waals surface area contributed by atoms with E-state index >= 15 is 0 Å². The zero-order chi connectivity index (χ0) is 12.6. The summed E-state index contributed by atoms with van der Waals surface area (Å²) >= 11 is 0. The Morgan fingerprint density at radius 1 is 1.35 bits per heavy atom. The summed E-state index contributed by atoms with van der Waals surface area (Å²) in [5.74, 6) is -1.12. The Morgan fingerprint density at radius 2 is 2.06 bits per heavy atom. The highest BCUT2D eigenvalue weighted by Gasteiger charge is 2.35. The first kappa shape index (κ1) is 11.8. The minimum atomic E-state index is -4.52. The van der Waals surface area contributed by atoms with Crippen LogP contribution in [0.25, 0.3) is 11.0 Å². The molecule has 2 aromatic heterocycles. The molecule has 0 aliphatic rings. The first-order chi connectivity index (χ1) is 7.93. The van der Waals surface area contributed by atoms with Crippen LogP contribution in [-0.4, -0.2) is 19.7 Å². The van der Waals surface area contributed by atoms with Gasteiger partial charge in [-0.25, -0.2) is 9.97 Å². The predicted octanol–water partition coefficient (Wildman–Crippen LogP) is 2.33. The molecule has 2 rings (SSSR count). The van der Waals surface area contributed by atoms with E-state index in [9.17, 15) is 13.2 Å². The molecule has 2 aromatic rings. The number of aryl methyl sites for hydroxylation is 2. The van der Waals surface area contributed by atoms with E-state index in [4.69, 9.17) is 0 Å². The third-order valence-electron chi connectivity index (χ3n) is 2.40. The van der Waals surface area contributed by atoms with Crippen molar-refractivity contribution in [2.24, 2.45) is 7.05 Å². The van der Waals surface area contributed by atoms with Crippen LogP contribution in [0.5, 0.6) is 0 Å². The summed E-state index contributed by atoms with van der Waals surface area (Å²) in [6.07, 6.45) is -1.95. The second kappa shape index (κ2) is 3.97. The summed E-state index contributed by atoms with van der Waals surface area (Å²) in [7, 11) is 1.66. The Balaban J connectivity index is 2.62. The van der Waals surface area contributed by atoms with E-state index in [2.05, 4.69) is 15.1 Å². The molecule has 0 bridgehead atoms. The Kier molecular flexibility index (Phi) is 2.76. The van der Waals surface area contributed by atoms with E-state index in [1.165, 1.54) is 4.68 Å². The van der Waals surface area contributed by atoms with Gasteiger partial charge in [0.15, 0.2) is 0 Å². The first-order valence-corrected chi connectivity index (χ1v) is 5.19. The van der Waals surface area contributed by atoms with Crippen molar-refractivity contribution in [1.82, 2.24) is 19.7 Å². The fourth-order valence-corrected chi connectivity index (χ4v) is 1.65. The van der Waals surface area contributed by atoms with Crippen molar-refractivity contribution >= 4 is 11.0 Å². The zero-order valence-corrected chi connectivity index (χ0v) is 9.41. The van der Waals surface area contributed by atoms with Crippen molar-refractivity contribution in [2.45, 2.75) is 25.9 Å². The van der Waals surface area contributed by atoms with Crippen molar-refractivity contribution in [2.75, 3.05) is 0 Å². The monoisotopic (exact) mass is 244 g/mol. The molecule has 0 N–H and O–H groups in total.